The molecule has 1 aliphatic heterocycles. The van der Waals surface area contributed by atoms with Crippen LogP contribution >= 0.6 is 0 Å². The zero-order valence-electron chi connectivity index (χ0n) is 18.9. The Labute approximate surface area is 200 Å². The normalized spacial score (nSPS) is 18.8. The highest BCUT2D eigenvalue weighted by atomic mass is 19.2. The van der Waals surface area contributed by atoms with Crippen molar-refractivity contribution in [3.05, 3.63) is 90.0 Å². The van der Waals surface area contributed by atoms with Crippen molar-refractivity contribution in [2.45, 2.75) is 19.3 Å². The van der Waals surface area contributed by atoms with Crippen LogP contribution in [0.4, 0.5) is 17.6 Å². The van der Waals surface area contributed by atoms with E-state index in [4.69, 9.17) is 14.2 Å². The van der Waals surface area contributed by atoms with E-state index in [1.54, 1.807) is 6.92 Å². The monoisotopic (exact) mass is 488 g/mol. The van der Waals surface area contributed by atoms with E-state index in [2.05, 4.69) is 6.58 Å². The fourth-order valence-electron chi connectivity index (χ4n) is 3.79. The van der Waals surface area contributed by atoms with Crippen LogP contribution in [-0.4, -0.2) is 31.0 Å². The van der Waals surface area contributed by atoms with Crippen LogP contribution in [0.25, 0.3) is 22.3 Å². The molecule has 0 saturated carbocycles. The fourth-order valence-corrected chi connectivity index (χ4v) is 3.79. The summed E-state index contributed by atoms with van der Waals surface area (Å²) in [5.74, 6) is -4.86. The largest absolute Gasteiger partial charge is 0.486 e. The SMILES string of the molecule is C=CCOc1ccc(-c2ccc(-c3ccc(C4OCC(C(C)O)CO4)c(F)c3F)cc2)c(F)c1F. The summed E-state index contributed by atoms with van der Waals surface area (Å²) in [6, 6.07) is 11.5. The molecule has 3 aromatic rings. The first kappa shape index (κ1) is 24.9. The lowest BCUT2D eigenvalue weighted by Gasteiger charge is -2.31. The van der Waals surface area contributed by atoms with Gasteiger partial charge in [-0.2, -0.15) is 4.39 Å². The molecule has 4 rings (SSSR count). The quantitative estimate of drug-likeness (QED) is 0.319. The molecular formula is C27H24F4O4. The molecule has 0 bridgehead atoms. The van der Waals surface area contributed by atoms with Crippen LogP contribution < -0.4 is 4.74 Å². The predicted molar refractivity (Wildman–Crippen MR) is 123 cm³/mol. The Morgan fingerprint density at radius 2 is 1.43 bits per heavy atom. The Morgan fingerprint density at radius 1 is 0.886 bits per heavy atom. The molecule has 184 valence electrons. The lowest BCUT2D eigenvalue weighted by molar-refractivity contribution is -0.218. The van der Waals surface area contributed by atoms with Gasteiger partial charge in [-0.05, 0) is 30.2 Å². The number of aliphatic hydroxyl groups is 1. The molecule has 1 N–H and O–H groups in total. The van der Waals surface area contributed by atoms with Gasteiger partial charge in [-0.3, -0.25) is 0 Å². The number of rotatable bonds is 7. The number of ether oxygens (including phenoxy) is 3. The van der Waals surface area contributed by atoms with Crippen LogP contribution in [0.1, 0.15) is 18.8 Å². The third kappa shape index (κ3) is 5.10. The molecule has 0 spiro atoms. The molecule has 0 aromatic heterocycles. The van der Waals surface area contributed by atoms with E-state index < -0.39 is 35.7 Å². The minimum Gasteiger partial charge on any atom is -0.486 e. The second kappa shape index (κ2) is 10.6. The summed E-state index contributed by atoms with van der Waals surface area (Å²) in [4.78, 5) is 0. The molecule has 35 heavy (non-hydrogen) atoms. The van der Waals surface area contributed by atoms with E-state index in [9.17, 15) is 22.7 Å². The molecule has 1 saturated heterocycles. The Kier molecular flexibility index (Phi) is 7.54. The smallest absolute Gasteiger partial charge is 0.201 e. The van der Waals surface area contributed by atoms with E-state index in [-0.39, 0.29) is 48.2 Å². The molecule has 1 unspecified atom stereocenters. The van der Waals surface area contributed by atoms with Crippen LogP contribution in [0, 0.1) is 29.2 Å². The van der Waals surface area contributed by atoms with Gasteiger partial charge in [-0.15, -0.1) is 0 Å². The Balaban J connectivity index is 1.56. The van der Waals surface area contributed by atoms with Crippen LogP contribution in [-0.2, 0) is 9.47 Å². The average molecular weight is 488 g/mol. The van der Waals surface area contributed by atoms with Crippen LogP contribution in [0.2, 0.25) is 0 Å². The highest BCUT2D eigenvalue weighted by Gasteiger charge is 2.29. The first-order chi connectivity index (χ1) is 16.8. The molecule has 0 amide bonds. The molecule has 1 fully saturated rings. The molecule has 8 heteroatoms. The van der Waals surface area contributed by atoms with Crippen LogP contribution in [0.3, 0.4) is 0 Å². The van der Waals surface area contributed by atoms with Gasteiger partial charge in [0.2, 0.25) is 5.82 Å². The summed E-state index contributed by atoms with van der Waals surface area (Å²) in [7, 11) is 0. The highest BCUT2D eigenvalue weighted by molar-refractivity contribution is 5.71. The van der Waals surface area contributed by atoms with E-state index in [0.29, 0.717) is 11.1 Å². The van der Waals surface area contributed by atoms with Gasteiger partial charge in [0.1, 0.15) is 6.61 Å². The molecule has 4 nitrogen and oxygen atoms in total. The summed E-state index contributed by atoms with van der Waals surface area (Å²) in [5, 5.41) is 9.62. The molecule has 1 aliphatic rings. The van der Waals surface area contributed by atoms with Crippen molar-refractivity contribution < 1.29 is 36.9 Å². The Bertz CT molecular complexity index is 1200. The lowest BCUT2D eigenvalue weighted by Crippen LogP contribution is -2.34. The van der Waals surface area contributed by atoms with Crippen LogP contribution in [0.15, 0.2) is 61.2 Å². The van der Waals surface area contributed by atoms with Crippen molar-refractivity contribution in [3.63, 3.8) is 0 Å². The topological polar surface area (TPSA) is 47.9 Å². The van der Waals surface area contributed by atoms with E-state index in [1.165, 1.54) is 54.6 Å². The first-order valence-electron chi connectivity index (χ1n) is 11.0. The van der Waals surface area contributed by atoms with Gasteiger partial charge >= 0.3 is 0 Å². The van der Waals surface area contributed by atoms with Gasteiger partial charge in [0, 0.05) is 22.6 Å². The Hall–Kier alpha value is -3.20. The number of benzene rings is 3. The molecule has 0 aliphatic carbocycles. The van der Waals surface area contributed by atoms with E-state index in [0.717, 1.165) is 0 Å². The summed E-state index contributed by atoms with van der Waals surface area (Å²) in [6.45, 7) is 5.42. The maximum absolute atomic E-state index is 14.9. The number of hydrogen-bond donors (Lipinski definition) is 1. The average Bonchev–Trinajstić information content (AvgIpc) is 2.87. The minimum atomic E-state index is -1.12. The second-order valence-corrected chi connectivity index (χ2v) is 8.25. The maximum atomic E-state index is 14.9. The minimum absolute atomic E-state index is 0.00380. The van der Waals surface area contributed by atoms with Gasteiger partial charge in [0.15, 0.2) is 29.5 Å². The second-order valence-electron chi connectivity index (χ2n) is 8.25. The molecule has 1 heterocycles. The zero-order valence-corrected chi connectivity index (χ0v) is 18.9. The van der Waals surface area contributed by atoms with Crippen molar-refractivity contribution in [2.75, 3.05) is 19.8 Å². The Morgan fingerprint density at radius 3 is 1.97 bits per heavy atom. The maximum Gasteiger partial charge on any atom is 0.201 e. The summed E-state index contributed by atoms with van der Waals surface area (Å²) >= 11 is 0. The first-order valence-corrected chi connectivity index (χ1v) is 11.0. The van der Waals surface area contributed by atoms with Crippen molar-refractivity contribution in [2.24, 2.45) is 5.92 Å². The van der Waals surface area contributed by atoms with E-state index >= 15 is 0 Å². The molecule has 1 atom stereocenters. The fraction of sp³-hybridized carbons (Fsp3) is 0.259. The van der Waals surface area contributed by atoms with Crippen molar-refractivity contribution >= 4 is 0 Å². The molecular weight excluding hydrogens is 464 g/mol. The van der Waals surface area contributed by atoms with Gasteiger partial charge in [-0.1, -0.05) is 49.1 Å². The third-order valence-electron chi connectivity index (χ3n) is 5.88. The zero-order chi connectivity index (χ0) is 25.1. The van der Waals surface area contributed by atoms with Crippen molar-refractivity contribution in [1.29, 1.82) is 0 Å². The summed E-state index contributed by atoms with van der Waals surface area (Å²) < 4.78 is 74.7. The van der Waals surface area contributed by atoms with Crippen molar-refractivity contribution in [1.82, 2.24) is 0 Å². The lowest BCUT2D eigenvalue weighted by atomic mass is 9.98. The number of halogens is 4. The predicted octanol–water partition coefficient (Wildman–Crippen LogP) is 6.18. The summed E-state index contributed by atoms with van der Waals surface area (Å²) in [6.07, 6.45) is -0.302. The molecule has 0 radical (unpaired) electrons. The molecule has 3 aromatic carbocycles. The number of aliphatic hydroxyl groups excluding tert-OH is 1. The van der Waals surface area contributed by atoms with Crippen LogP contribution in [0.5, 0.6) is 5.75 Å². The van der Waals surface area contributed by atoms with Gasteiger partial charge in [-0.25, -0.2) is 13.2 Å². The van der Waals surface area contributed by atoms with Gasteiger partial charge < -0.3 is 19.3 Å². The standard InChI is InChI=1S/C27H24F4O4/c1-3-12-33-22-11-10-20(24(29)26(22)31)17-6-4-16(5-7-17)19-8-9-21(25(30)23(19)28)27-34-13-18(14-35-27)15(2)32/h3-11,15,18,27,32H,1,12-14H2,2H3. The van der Waals surface area contributed by atoms with Crippen molar-refractivity contribution in [3.8, 4) is 28.0 Å². The summed E-state index contributed by atoms with van der Waals surface area (Å²) in [5.41, 5.74) is 0.625. The van der Waals surface area contributed by atoms with E-state index in [1.807, 2.05) is 0 Å². The highest BCUT2D eigenvalue weighted by Crippen LogP contribution is 2.35. The van der Waals surface area contributed by atoms with Gasteiger partial charge in [0.25, 0.3) is 0 Å². The number of hydrogen-bond acceptors (Lipinski definition) is 4. The van der Waals surface area contributed by atoms with Gasteiger partial charge in [0.05, 0.1) is 19.3 Å². The third-order valence-corrected chi connectivity index (χ3v) is 5.88.